The fourth-order valence-electron chi connectivity index (χ4n) is 2.62. The molecule has 0 aliphatic carbocycles. The number of nitrogens with one attached hydrogen (secondary N) is 1. The molecule has 8 nitrogen and oxygen atoms in total. The minimum atomic E-state index is -0.176. The predicted octanol–water partition coefficient (Wildman–Crippen LogP) is 3.11. The number of hydrogen-bond acceptors (Lipinski definition) is 7. The SMILES string of the molecule is CCn1c(SCC(=O)Nc2cc(OC)ccc2OC)nnc1-c1cccnc1. The topological polar surface area (TPSA) is 91.2 Å². The molecule has 1 N–H and O–H groups in total. The molecule has 0 aliphatic rings. The lowest BCUT2D eigenvalue weighted by molar-refractivity contribution is -0.113. The third-order valence-corrected chi connectivity index (χ3v) is 4.93. The Morgan fingerprint density at radius 1 is 1.21 bits per heavy atom. The molecule has 0 saturated heterocycles. The van der Waals surface area contributed by atoms with Gasteiger partial charge in [-0.3, -0.25) is 9.78 Å². The highest BCUT2D eigenvalue weighted by atomic mass is 32.2. The maximum atomic E-state index is 12.4. The van der Waals surface area contributed by atoms with Crippen LogP contribution in [0.2, 0.25) is 0 Å². The molecule has 0 radical (unpaired) electrons. The summed E-state index contributed by atoms with van der Waals surface area (Å²) in [5.74, 6) is 1.94. The van der Waals surface area contributed by atoms with Crippen molar-refractivity contribution in [2.45, 2.75) is 18.6 Å². The Morgan fingerprint density at radius 2 is 2.07 bits per heavy atom. The van der Waals surface area contributed by atoms with E-state index in [0.29, 0.717) is 28.9 Å². The Morgan fingerprint density at radius 3 is 2.75 bits per heavy atom. The Bertz CT molecular complexity index is 946. The van der Waals surface area contributed by atoms with E-state index in [2.05, 4.69) is 20.5 Å². The Kier molecular flexibility index (Phi) is 6.49. The van der Waals surface area contributed by atoms with E-state index in [1.165, 1.54) is 11.8 Å². The number of benzene rings is 1. The van der Waals surface area contributed by atoms with Gasteiger partial charge in [0.1, 0.15) is 11.5 Å². The summed E-state index contributed by atoms with van der Waals surface area (Å²) in [6, 6.07) is 9.02. The Labute approximate surface area is 167 Å². The summed E-state index contributed by atoms with van der Waals surface area (Å²) in [5, 5.41) is 12.0. The molecule has 28 heavy (non-hydrogen) atoms. The number of carbonyl (C=O) groups is 1. The van der Waals surface area contributed by atoms with E-state index in [0.717, 1.165) is 11.4 Å². The molecule has 0 unspecified atom stereocenters. The highest BCUT2D eigenvalue weighted by molar-refractivity contribution is 7.99. The van der Waals surface area contributed by atoms with E-state index in [1.54, 1.807) is 44.8 Å². The number of rotatable bonds is 8. The number of pyridine rings is 1. The first kappa shape index (κ1) is 19.7. The highest BCUT2D eigenvalue weighted by Crippen LogP contribution is 2.29. The third kappa shape index (κ3) is 4.42. The van der Waals surface area contributed by atoms with E-state index >= 15 is 0 Å². The molecule has 2 heterocycles. The molecule has 0 fully saturated rings. The molecule has 0 aliphatic heterocycles. The molecule has 146 valence electrons. The third-order valence-electron chi connectivity index (χ3n) is 3.97. The first-order valence-electron chi connectivity index (χ1n) is 8.64. The molecule has 1 amide bonds. The van der Waals surface area contributed by atoms with Crippen LogP contribution in [-0.2, 0) is 11.3 Å². The number of carbonyl (C=O) groups excluding carboxylic acids is 1. The Hall–Kier alpha value is -3.07. The number of thioether (sulfide) groups is 1. The summed E-state index contributed by atoms with van der Waals surface area (Å²) >= 11 is 1.32. The highest BCUT2D eigenvalue weighted by Gasteiger charge is 2.15. The van der Waals surface area contributed by atoms with Gasteiger partial charge in [-0.1, -0.05) is 11.8 Å². The second-order valence-electron chi connectivity index (χ2n) is 5.70. The van der Waals surface area contributed by atoms with Crippen LogP contribution in [0.25, 0.3) is 11.4 Å². The number of amides is 1. The smallest absolute Gasteiger partial charge is 0.234 e. The van der Waals surface area contributed by atoms with Crippen molar-refractivity contribution in [3.63, 3.8) is 0 Å². The lowest BCUT2D eigenvalue weighted by atomic mass is 10.2. The first-order chi connectivity index (χ1) is 13.7. The number of aromatic nitrogens is 4. The largest absolute Gasteiger partial charge is 0.497 e. The Balaban J connectivity index is 1.69. The second-order valence-corrected chi connectivity index (χ2v) is 6.64. The van der Waals surface area contributed by atoms with Gasteiger partial charge in [-0.05, 0) is 31.2 Å². The van der Waals surface area contributed by atoms with E-state index in [4.69, 9.17) is 9.47 Å². The van der Waals surface area contributed by atoms with Crippen LogP contribution in [0, 0.1) is 0 Å². The molecule has 9 heteroatoms. The number of methoxy groups -OCH3 is 2. The van der Waals surface area contributed by atoms with Crippen molar-refractivity contribution in [1.82, 2.24) is 19.7 Å². The molecule has 0 spiro atoms. The van der Waals surface area contributed by atoms with Crippen LogP contribution in [0.4, 0.5) is 5.69 Å². The zero-order valence-corrected chi connectivity index (χ0v) is 16.7. The van der Waals surface area contributed by atoms with Gasteiger partial charge in [-0.25, -0.2) is 0 Å². The van der Waals surface area contributed by atoms with E-state index < -0.39 is 0 Å². The summed E-state index contributed by atoms with van der Waals surface area (Å²) in [4.78, 5) is 16.6. The lowest BCUT2D eigenvalue weighted by Gasteiger charge is -2.12. The molecule has 3 aromatic rings. The predicted molar refractivity (Wildman–Crippen MR) is 108 cm³/mol. The standard InChI is InChI=1S/C19H21N5O3S/c1-4-24-18(13-6-5-9-20-11-13)22-23-19(24)28-12-17(25)21-15-10-14(26-2)7-8-16(15)27-3/h5-11H,4,12H2,1-3H3,(H,21,25). The molecule has 2 aromatic heterocycles. The summed E-state index contributed by atoms with van der Waals surface area (Å²) in [6.45, 7) is 2.69. The van der Waals surface area contributed by atoms with Gasteiger partial charge in [0.05, 0.1) is 25.7 Å². The van der Waals surface area contributed by atoms with Gasteiger partial charge >= 0.3 is 0 Å². The van der Waals surface area contributed by atoms with E-state index in [1.807, 2.05) is 23.6 Å². The average Bonchev–Trinajstić information content (AvgIpc) is 3.15. The molecule has 1 aromatic carbocycles. The quantitative estimate of drug-likeness (QED) is 0.582. The monoisotopic (exact) mass is 399 g/mol. The average molecular weight is 399 g/mol. The van der Waals surface area contributed by atoms with Crippen molar-refractivity contribution in [1.29, 1.82) is 0 Å². The lowest BCUT2D eigenvalue weighted by Crippen LogP contribution is -2.15. The van der Waals surface area contributed by atoms with Crippen molar-refractivity contribution in [3.8, 4) is 22.9 Å². The number of nitrogens with zero attached hydrogens (tertiary/aromatic N) is 4. The molecule has 3 rings (SSSR count). The summed E-state index contributed by atoms with van der Waals surface area (Å²) in [7, 11) is 3.12. The van der Waals surface area contributed by atoms with Gasteiger partial charge in [-0.15, -0.1) is 10.2 Å². The molecule has 0 bridgehead atoms. The van der Waals surface area contributed by atoms with Gasteiger partial charge < -0.3 is 19.4 Å². The van der Waals surface area contributed by atoms with Gasteiger partial charge in [-0.2, -0.15) is 0 Å². The maximum Gasteiger partial charge on any atom is 0.234 e. The molecular weight excluding hydrogens is 378 g/mol. The van der Waals surface area contributed by atoms with Crippen LogP contribution in [0.3, 0.4) is 0 Å². The summed E-state index contributed by atoms with van der Waals surface area (Å²) < 4.78 is 12.4. The first-order valence-corrected chi connectivity index (χ1v) is 9.63. The van der Waals surface area contributed by atoms with E-state index in [-0.39, 0.29) is 11.7 Å². The van der Waals surface area contributed by atoms with Gasteiger partial charge in [0.25, 0.3) is 0 Å². The van der Waals surface area contributed by atoms with Crippen molar-refractivity contribution in [3.05, 3.63) is 42.7 Å². The number of ether oxygens (including phenoxy) is 2. The molecular formula is C19H21N5O3S. The maximum absolute atomic E-state index is 12.4. The molecule has 0 saturated carbocycles. The molecule has 0 atom stereocenters. The van der Waals surface area contributed by atoms with Crippen LogP contribution in [-0.4, -0.2) is 45.6 Å². The van der Waals surface area contributed by atoms with E-state index in [9.17, 15) is 4.79 Å². The minimum absolute atomic E-state index is 0.176. The zero-order chi connectivity index (χ0) is 19.9. The van der Waals surface area contributed by atoms with Gasteiger partial charge in [0, 0.05) is 30.6 Å². The van der Waals surface area contributed by atoms with Gasteiger partial charge in [0.2, 0.25) is 5.91 Å². The van der Waals surface area contributed by atoms with Crippen LogP contribution < -0.4 is 14.8 Å². The normalized spacial score (nSPS) is 10.5. The van der Waals surface area contributed by atoms with Gasteiger partial charge in [0.15, 0.2) is 11.0 Å². The zero-order valence-electron chi connectivity index (χ0n) is 15.9. The second kappa shape index (κ2) is 9.23. The van der Waals surface area contributed by atoms with Crippen LogP contribution >= 0.6 is 11.8 Å². The fraction of sp³-hybridized carbons (Fsp3) is 0.263. The van der Waals surface area contributed by atoms with Crippen molar-refractivity contribution < 1.29 is 14.3 Å². The van der Waals surface area contributed by atoms with Crippen molar-refractivity contribution in [2.75, 3.05) is 25.3 Å². The van der Waals surface area contributed by atoms with Crippen molar-refractivity contribution >= 4 is 23.4 Å². The van der Waals surface area contributed by atoms with Crippen molar-refractivity contribution in [2.24, 2.45) is 0 Å². The minimum Gasteiger partial charge on any atom is -0.497 e. The fourth-order valence-corrected chi connectivity index (χ4v) is 3.42. The van der Waals surface area contributed by atoms with Crippen LogP contribution in [0.15, 0.2) is 47.9 Å². The van der Waals surface area contributed by atoms with Crippen LogP contribution in [0.5, 0.6) is 11.5 Å². The number of hydrogen-bond donors (Lipinski definition) is 1. The van der Waals surface area contributed by atoms with Crippen LogP contribution in [0.1, 0.15) is 6.92 Å². The number of anilines is 1. The summed E-state index contributed by atoms with van der Waals surface area (Å²) in [6.07, 6.45) is 3.45. The summed E-state index contributed by atoms with van der Waals surface area (Å²) in [5.41, 5.74) is 1.44.